The SMILES string of the molecule is Clc1ccccc1Nc1nncc(Nc2ccc(Br)cc2)n1. The predicted octanol–water partition coefficient (Wildman–Crippen LogP) is 4.77. The number of nitrogens with one attached hydrogen (secondary N) is 2. The van der Waals surface area contributed by atoms with Crippen LogP contribution in [0.3, 0.4) is 0 Å². The van der Waals surface area contributed by atoms with Gasteiger partial charge in [-0.25, -0.2) is 0 Å². The van der Waals surface area contributed by atoms with Crippen molar-refractivity contribution in [2.75, 3.05) is 10.6 Å². The van der Waals surface area contributed by atoms with Crippen LogP contribution in [-0.2, 0) is 0 Å². The van der Waals surface area contributed by atoms with Crippen molar-refractivity contribution >= 4 is 50.7 Å². The van der Waals surface area contributed by atoms with Gasteiger partial charge in [-0.15, -0.1) is 5.10 Å². The van der Waals surface area contributed by atoms with E-state index in [1.54, 1.807) is 12.3 Å². The van der Waals surface area contributed by atoms with Gasteiger partial charge < -0.3 is 10.6 Å². The van der Waals surface area contributed by atoms with E-state index in [1.807, 2.05) is 42.5 Å². The molecule has 3 rings (SSSR count). The minimum Gasteiger partial charge on any atom is -0.339 e. The summed E-state index contributed by atoms with van der Waals surface area (Å²) in [5.41, 5.74) is 1.64. The van der Waals surface area contributed by atoms with Crippen LogP contribution >= 0.6 is 27.5 Å². The molecular formula is C15H11BrClN5. The van der Waals surface area contributed by atoms with E-state index < -0.39 is 0 Å². The predicted molar refractivity (Wildman–Crippen MR) is 92.0 cm³/mol. The van der Waals surface area contributed by atoms with Crippen LogP contribution in [0.4, 0.5) is 23.1 Å². The normalized spacial score (nSPS) is 10.3. The van der Waals surface area contributed by atoms with Crippen LogP contribution in [0, 0.1) is 0 Å². The Morgan fingerprint density at radius 2 is 1.73 bits per heavy atom. The van der Waals surface area contributed by atoms with Gasteiger partial charge in [0, 0.05) is 10.2 Å². The van der Waals surface area contributed by atoms with Crippen molar-refractivity contribution in [2.45, 2.75) is 0 Å². The van der Waals surface area contributed by atoms with Crippen LogP contribution < -0.4 is 10.6 Å². The molecule has 0 aliphatic carbocycles. The van der Waals surface area contributed by atoms with E-state index in [-0.39, 0.29) is 0 Å². The molecule has 0 saturated carbocycles. The number of hydrogen-bond donors (Lipinski definition) is 2. The molecule has 0 atom stereocenters. The average Bonchev–Trinajstić information content (AvgIpc) is 2.52. The Labute approximate surface area is 140 Å². The highest BCUT2D eigenvalue weighted by Gasteiger charge is 2.04. The average molecular weight is 377 g/mol. The molecule has 110 valence electrons. The molecule has 0 unspecified atom stereocenters. The van der Waals surface area contributed by atoms with Crippen molar-refractivity contribution in [3.63, 3.8) is 0 Å². The van der Waals surface area contributed by atoms with E-state index >= 15 is 0 Å². The van der Waals surface area contributed by atoms with Gasteiger partial charge in [-0.3, -0.25) is 0 Å². The van der Waals surface area contributed by atoms with Gasteiger partial charge in [-0.05, 0) is 36.4 Å². The highest BCUT2D eigenvalue weighted by atomic mass is 79.9. The van der Waals surface area contributed by atoms with Gasteiger partial charge in [0.1, 0.15) is 0 Å². The van der Waals surface area contributed by atoms with Crippen molar-refractivity contribution in [1.29, 1.82) is 0 Å². The molecule has 0 bridgehead atoms. The van der Waals surface area contributed by atoms with Crippen LogP contribution in [0.25, 0.3) is 0 Å². The fraction of sp³-hybridized carbons (Fsp3) is 0. The van der Waals surface area contributed by atoms with Crippen LogP contribution in [0.15, 0.2) is 59.2 Å². The molecule has 0 fully saturated rings. The highest BCUT2D eigenvalue weighted by Crippen LogP contribution is 2.23. The van der Waals surface area contributed by atoms with Gasteiger partial charge in [0.15, 0.2) is 5.82 Å². The second-order valence-electron chi connectivity index (χ2n) is 4.40. The Morgan fingerprint density at radius 3 is 2.50 bits per heavy atom. The Hall–Kier alpha value is -2.18. The first-order valence-electron chi connectivity index (χ1n) is 6.44. The third-order valence-corrected chi connectivity index (χ3v) is 3.65. The second kappa shape index (κ2) is 6.72. The molecule has 2 aromatic carbocycles. The monoisotopic (exact) mass is 375 g/mol. The smallest absolute Gasteiger partial charge is 0.249 e. The zero-order valence-corrected chi connectivity index (χ0v) is 13.6. The van der Waals surface area contributed by atoms with Crippen molar-refractivity contribution in [3.8, 4) is 0 Å². The first-order chi connectivity index (χ1) is 10.7. The number of anilines is 4. The first-order valence-corrected chi connectivity index (χ1v) is 7.62. The number of aromatic nitrogens is 3. The molecule has 5 nitrogen and oxygen atoms in total. The zero-order chi connectivity index (χ0) is 15.4. The van der Waals surface area contributed by atoms with Crippen molar-refractivity contribution in [3.05, 3.63) is 64.2 Å². The lowest BCUT2D eigenvalue weighted by molar-refractivity contribution is 0.982. The molecule has 1 heterocycles. The van der Waals surface area contributed by atoms with Gasteiger partial charge in [0.2, 0.25) is 5.95 Å². The van der Waals surface area contributed by atoms with E-state index in [0.29, 0.717) is 16.8 Å². The van der Waals surface area contributed by atoms with Gasteiger partial charge in [0.25, 0.3) is 0 Å². The molecular weight excluding hydrogens is 366 g/mol. The fourth-order valence-electron chi connectivity index (χ4n) is 1.78. The molecule has 3 aromatic rings. The lowest BCUT2D eigenvalue weighted by Gasteiger charge is -2.08. The molecule has 0 saturated heterocycles. The Bertz CT molecular complexity index is 779. The van der Waals surface area contributed by atoms with Gasteiger partial charge in [-0.1, -0.05) is 39.7 Å². The topological polar surface area (TPSA) is 62.7 Å². The summed E-state index contributed by atoms with van der Waals surface area (Å²) < 4.78 is 1.01. The summed E-state index contributed by atoms with van der Waals surface area (Å²) in [6.45, 7) is 0. The molecule has 1 aromatic heterocycles. The summed E-state index contributed by atoms with van der Waals surface area (Å²) in [6.07, 6.45) is 1.56. The van der Waals surface area contributed by atoms with Gasteiger partial charge >= 0.3 is 0 Å². The summed E-state index contributed by atoms with van der Waals surface area (Å²) in [7, 11) is 0. The molecule has 2 N–H and O–H groups in total. The Morgan fingerprint density at radius 1 is 0.955 bits per heavy atom. The molecule has 22 heavy (non-hydrogen) atoms. The van der Waals surface area contributed by atoms with E-state index in [4.69, 9.17) is 11.6 Å². The first kappa shape index (κ1) is 14.7. The number of benzene rings is 2. The number of halogens is 2. The fourth-order valence-corrected chi connectivity index (χ4v) is 2.23. The maximum atomic E-state index is 6.10. The molecule has 7 heteroatoms. The molecule has 0 spiro atoms. The van der Waals surface area contributed by atoms with E-state index in [0.717, 1.165) is 15.8 Å². The van der Waals surface area contributed by atoms with Gasteiger partial charge in [0.05, 0.1) is 16.9 Å². The largest absolute Gasteiger partial charge is 0.339 e. The van der Waals surface area contributed by atoms with Crippen molar-refractivity contribution < 1.29 is 0 Å². The molecule has 0 amide bonds. The Kier molecular flexibility index (Phi) is 4.50. The van der Waals surface area contributed by atoms with Crippen LogP contribution in [-0.4, -0.2) is 15.2 Å². The van der Waals surface area contributed by atoms with Crippen LogP contribution in [0.5, 0.6) is 0 Å². The van der Waals surface area contributed by atoms with E-state index in [9.17, 15) is 0 Å². The third-order valence-electron chi connectivity index (χ3n) is 2.80. The minimum atomic E-state index is 0.371. The van der Waals surface area contributed by atoms with Crippen LogP contribution in [0.2, 0.25) is 5.02 Å². The molecule has 0 radical (unpaired) electrons. The van der Waals surface area contributed by atoms with Gasteiger partial charge in [-0.2, -0.15) is 10.1 Å². The number of rotatable bonds is 4. The van der Waals surface area contributed by atoms with E-state index in [2.05, 4.69) is 41.7 Å². The summed E-state index contributed by atoms with van der Waals surface area (Å²) in [4.78, 5) is 4.36. The number of nitrogens with zero attached hydrogens (tertiary/aromatic N) is 3. The number of hydrogen-bond acceptors (Lipinski definition) is 5. The Balaban J connectivity index is 1.78. The molecule has 0 aliphatic rings. The maximum Gasteiger partial charge on any atom is 0.249 e. The minimum absolute atomic E-state index is 0.371. The standard InChI is InChI=1S/C15H11BrClN5/c16-10-5-7-11(8-6-10)19-14-9-18-22-15(21-14)20-13-4-2-1-3-12(13)17/h1-9H,(H2,19,20,21,22). The zero-order valence-electron chi connectivity index (χ0n) is 11.3. The van der Waals surface area contributed by atoms with Crippen molar-refractivity contribution in [2.24, 2.45) is 0 Å². The summed E-state index contributed by atoms with van der Waals surface area (Å²) in [5, 5.41) is 14.7. The summed E-state index contributed by atoms with van der Waals surface area (Å²) >= 11 is 9.50. The summed E-state index contributed by atoms with van der Waals surface area (Å²) in [5.74, 6) is 0.960. The lowest BCUT2D eigenvalue weighted by atomic mass is 10.3. The lowest BCUT2D eigenvalue weighted by Crippen LogP contribution is -2.02. The quantitative estimate of drug-likeness (QED) is 0.686. The summed E-state index contributed by atoms with van der Waals surface area (Å²) in [6, 6.07) is 15.1. The maximum absolute atomic E-state index is 6.10. The second-order valence-corrected chi connectivity index (χ2v) is 5.72. The van der Waals surface area contributed by atoms with Crippen LogP contribution in [0.1, 0.15) is 0 Å². The highest BCUT2D eigenvalue weighted by molar-refractivity contribution is 9.10. The number of para-hydroxylation sites is 1. The van der Waals surface area contributed by atoms with Crippen molar-refractivity contribution in [1.82, 2.24) is 15.2 Å². The third kappa shape index (κ3) is 3.72. The molecule has 0 aliphatic heterocycles. The van der Waals surface area contributed by atoms with E-state index in [1.165, 1.54) is 0 Å².